The van der Waals surface area contributed by atoms with Crippen molar-refractivity contribution in [2.75, 3.05) is 26.5 Å². The number of nitrogens with zero attached hydrogens (tertiary/aromatic N) is 4. The van der Waals surface area contributed by atoms with Crippen molar-refractivity contribution in [3.8, 4) is 22.9 Å². The monoisotopic (exact) mass is 456 g/mol. The number of methoxy groups -OCH3 is 2. The van der Waals surface area contributed by atoms with Gasteiger partial charge in [0.15, 0.2) is 11.0 Å². The van der Waals surface area contributed by atoms with Crippen LogP contribution in [0.25, 0.3) is 11.4 Å². The molecule has 1 fully saturated rings. The molecule has 0 aliphatic carbocycles. The van der Waals surface area contributed by atoms with Crippen LogP contribution in [0.15, 0.2) is 47.6 Å². The van der Waals surface area contributed by atoms with Gasteiger partial charge in [0.25, 0.3) is 0 Å². The fourth-order valence-corrected chi connectivity index (χ4v) is 4.81. The van der Waals surface area contributed by atoms with E-state index in [1.807, 2.05) is 23.1 Å². The van der Waals surface area contributed by atoms with Crippen LogP contribution < -0.4 is 9.47 Å². The molecule has 9 heteroatoms. The van der Waals surface area contributed by atoms with Crippen molar-refractivity contribution < 1.29 is 18.7 Å². The van der Waals surface area contributed by atoms with Crippen LogP contribution in [0.1, 0.15) is 24.4 Å². The molecule has 1 aliphatic rings. The number of carbonyl (C=O) groups is 1. The number of carbonyl (C=O) groups excluding carboxylic acids is 1. The Morgan fingerprint density at radius 2 is 2.00 bits per heavy atom. The third-order valence-electron chi connectivity index (χ3n) is 5.64. The maximum Gasteiger partial charge on any atom is 0.233 e. The quantitative estimate of drug-likeness (QED) is 0.499. The number of rotatable bonds is 7. The first-order valence-electron chi connectivity index (χ1n) is 10.3. The van der Waals surface area contributed by atoms with Crippen LogP contribution in [0, 0.1) is 5.82 Å². The van der Waals surface area contributed by atoms with Gasteiger partial charge in [0, 0.05) is 19.2 Å². The zero-order valence-corrected chi connectivity index (χ0v) is 19.1. The minimum absolute atomic E-state index is 0.0119. The number of hydrogen-bond donors (Lipinski definition) is 0. The molecule has 0 bridgehead atoms. The second-order valence-electron chi connectivity index (χ2n) is 7.49. The minimum atomic E-state index is -0.359. The third-order valence-corrected chi connectivity index (χ3v) is 6.65. The van der Waals surface area contributed by atoms with Crippen LogP contribution in [0.3, 0.4) is 0 Å². The standard InChI is InChI=1S/C23H25FN4O3S/c1-27-22(16-7-4-5-8-18(16)24)25-26-23(27)32-14-21(29)28-12-6-9-19(28)17-13-15(30-2)10-11-20(17)31-3/h4-5,7-8,10-11,13,19H,6,9,12,14H2,1-3H3. The molecule has 0 N–H and O–H groups in total. The zero-order chi connectivity index (χ0) is 22.7. The fourth-order valence-electron chi connectivity index (χ4n) is 4.02. The average Bonchev–Trinajstić information content (AvgIpc) is 3.44. The van der Waals surface area contributed by atoms with Gasteiger partial charge in [0.05, 0.1) is 31.6 Å². The summed E-state index contributed by atoms with van der Waals surface area (Å²) in [6.45, 7) is 0.684. The number of hydrogen-bond acceptors (Lipinski definition) is 6. The van der Waals surface area contributed by atoms with Crippen LogP contribution in [-0.4, -0.2) is 52.1 Å². The van der Waals surface area contributed by atoms with Gasteiger partial charge in [-0.2, -0.15) is 0 Å². The molecule has 32 heavy (non-hydrogen) atoms. The highest BCUT2D eigenvalue weighted by Crippen LogP contribution is 2.39. The SMILES string of the molecule is COc1ccc(OC)c(C2CCCN2C(=O)CSc2nnc(-c3ccccc3F)n2C)c1. The van der Waals surface area contributed by atoms with E-state index in [0.29, 0.717) is 23.1 Å². The Balaban J connectivity index is 1.49. The number of benzene rings is 2. The Labute approximate surface area is 190 Å². The molecule has 7 nitrogen and oxygen atoms in total. The molecule has 1 unspecified atom stereocenters. The molecule has 4 rings (SSSR count). The summed E-state index contributed by atoms with van der Waals surface area (Å²) in [5, 5.41) is 8.85. The zero-order valence-electron chi connectivity index (χ0n) is 18.2. The summed E-state index contributed by atoms with van der Waals surface area (Å²) in [4.78, 5) is 15.0. The van der Waals surface area contributed by atoms with Crippen molar-refractivity contribution in [3.05, 3.63) is 53.8 Å². The van der Waals surface area contributed by atoms with Crippen LogP contribution in [0.5, 0.6) is 11.5 Å². The fraction of sp³-hybridized carbons (Fsp3) is 0.348. The predicted molar refractivity (Wildman–Crippen MR) is 120 cm³/mol. The van der Waals surface area contributed by atoms with Crippen LogP contribution >= 0.6 is 11.8 Å². The highest BCUT2D eigenvalue weighted by Gasteiger charge is 2.32. The van der Waals surface area contributed by atoms with Crippen LogP contribution in [0.2, 0.25) is 0 Å². The van der Waals surface area contributed by atoms with Crippen molar-refractivity contribution in [2.24, 2.45) is 7.05 Å². The second-order valence-corrected chi connectivity index (χ2v) is 8.43. The van der Waals surface area contributed by atoms with Crippen molar-refractivity contribution in [3.63, 3.8) is 0 Å². The van der Waals surface area contributed by atoms with Gasteiger partial charge in [-0.25, -0.2) is 4.39 Å². The summed E-state index contributed by atoms with van der Waals surface area (Å²) in [6.07, 6.45) is 1.78. The van der Waals surface area contributed by atoms with Gasteiger partial charge >= 0.3 is 0 Å². The summed E-state index contributed by atoms with van der Waals surface area (Å²) in [5.74, 6) is 1.77. The van der Waals surface area contributed by atoms with E-state index in [9.17, 15) is 9.18 Å². The Morgan fingerprint density at radius 1 is 1.19 bits per heavy atom. The van der Waals surface area contributed by atoms with Crippen molar-refractivity contribution in [1.29, 1.82) is 0 Å². The van der Waals surface area contributed by atoms with E-state index >= 15 is 0 Å². The highest BCUT2D eigenvalue weighted by atomic mass is 32.2. The smallest absolute Gasteiger partial charge is 0.233 e. The molecule has 0 radical (unpaired) electrons. The van der Waals surface area contributed by atoms with E-state index in [0.717, 1.165) is 29.9 Å². The predicted octanol–water partition coefficient (Wildman–Crippen LogP) is 4.09. The molecular formula is C23H25FN4O3S. The first kappa shape index (κ1) is 22.1. The van der Waals surface area contributed by atoms with Gasteiger partial charge in [0.1, 0.15) is 17.3 Å². The first-order chi connectivity index (χ1) is 15.5. The van der Waals surface area contributed by atoms with E-state index < -0.39 is 0 Å². The minimum Gasteiger partial charge on any atom is -0.497 e. The van der Waals surface area contributed by atoms with Crippen LogP contribution in [0.4, 0.5) is 4.39 Å². The third kappa shape index (κ3) is 4.29. The summed E-state index contributed by atoms with van der Waals surface area (Å²) >= 11 is 1.30. The van der Waals surface area contributed by atoms with Gasteiger partial charge in [-0.05, 0) is 43.2 Å². The van der Waals surface area contributed by atoms with Crippen molar-refractivity contribution in [1.82, 2.24) is 19.7 Å². The van der Waals surface area contributed by atoms with Crippen molar-refractivity contribution >= 4 is 17.7 Å². The maximum atomic E-state index is 14.1. The molecule has 0 spiro atoms. The Hall–Kier alpha value is -3.07. The van der Waals surface area contributed by atoms with Gasteiger partial charge in [0.2, 0.25) is 5.91 Å². The molecule has 1 aliphatic heterocycles. The van der Waals surface area contributed by atoms with E-state index in [1.165, 1.54) is 17.8 Å². The lowest BCUT2D eigenvalue weighted by atomic mass is 10.0. The van der Waals surface area contributed by atoms with E-state index in [-0.39, 0.29) is 23.5 Å². The number of halogens is 1. The highest BCUT2D eigenvalue weighted by molar-refractivity contribution is 7.99. The molecule has 2 aromatic carbocycles. The average molecular weight is 457 g/mol. The lowest BCUT2D eigenvalue weighted by Gasteiger charge is -2.26. The topological polar surface area (TPSA) is 69.5 Å². The first-order valence-corrected chi connectivity index (χ1v) is 11.3. The maximum absolute atomic E-state index is 14.1. The van der Waals surface area contributed by atoms with E-state index in [2.05, 4.69) is 10.2 Å². The molecule has 2 heterocycles. The largest absolute Gasteiger partial charge is 0.497 e. The second kappa shape index (κ2) is 9.60. The van der Waals surface area contributed by atoms with Crippen molar-refractivity contribution in [2.45, 2.75) is 24.0 Å². The van der Waals surface area contributed by atoms with Gasteiger partial charge in [-0.1, -0.05) is 23.9 Å². The lowest BCUT2D eigenvalue weighted by Crippen LogP contribution is -2.32. The van der Waals surface area contributed by atoms with Gasteiger partial charge < -0.3 is 18.9 Å². The molecule has 168 valence electrons. The van der Waals surface area contributed by atoms with Gasteiger partial charge in [-0.3, -0.25) is 4.79 Å². The van der Waals surface area contributed by atoms with Gasteiger partial charge in [-0.15, -0.1) is 10.2 Å². The summed E-state index contributed by atoms with van der Waals surface area (Å²) in [7, 11) is 5.02. The van der Waals surface area contributed by atoms with E-state index in [1.54, 1.807) is 44.0 Å². The Bertz CT molecular complexity index is 1120. The number of aromatic nitrogens is 3. The number of thioether (sulfide) groups is 1. The summed E-state index contributed by atoms with van der Waals surface area (Å²) in [5.41, 5.74) is 1.33. The van der Waals surface area contributed by atoms with Crippen LogP contribution in [-0.2, 0) is 11.8 Å². The molecule has 1 amide bonds. The lowest BCUT2D eigenvalue weighted by molar-refractivity contribution is -0.129. The number of ether oxygens (including phenoxy) is 2. The molecule has 1 aromatic heterocycles. The number of likely N-dealkylation sites (tertiary alicyclic amines) is 1. The molecule has 3 aromatic rings. The van der Waals surface area contributed by atoms with E-state index in [4.69, 9.17) is 9.47 Å². The Morgan fingerprint density at radius 3 is 2.75 bits per heavy atom. The summed E-state index contributed by atoms with van der Waals surface area (Å²) < 4.78 is 26.7. The Kier molecular flexibility index (Phi) is 6.64. The molecule has 1 saturated heterocycles. The molecule has 1 atom stereocenters. The molecular weight excluding hydrogens is 431 g/mol. The normalized spacial score (nSPS) is 15.8. The number of amides is 1. The molecule has 0 saturated carbocycles. The summed E-state index contributed by atoms with van der Waals surface area (Å²) in [6, 6.07) is 12.0.